The van der Waals surface area contributed by atoms with Crippen LogP contribution in [0.1, 0.15) is 0 Å². The SMILES string of the molecule is [C-]#[N+]c1ccc(-c2cc(-c3ccc(O)c(OC)c3)nc(=O)[nH]2)cc1. The molecule has 0 fully saturated rings. The van der Waals surface area contributed by atoms with Crippen molar-refractivity contribution >= 4 is 5.69 Å². The topological polar surface area (TPSA) is 79.6 Å². The molecule has 118 valence electrons. The maximum atomic E-state index is 11.9. The van der Waals surface area contributed by atoms with Crippen LogP contribution in [-0.2, 0) is 0 Å². The molecule has 0 spiro atoms. The molecule has 0 unspecified atom stereocenters. The second-order valence-corrected chi connectivity index (χ2v) is 5.03. The summed E-state index contributed by atoms with van der Waals surface area (Å²) in [5, 5.41) is 9.68. The van der Waals surface area contributed by atoms with Gasteiger partial charge in [-0.1, -0.05) is 24.3 Å². The fourth-order valence-corrected chi connectivity index (χ4v) is 2.31. The van der Waals surface area contributed by atoms with E-state index in [1.807, 2.05) is 0 Å². The van der Waals surface area contributed by atoms with E-state index in [1.165, 1.54) is 13.2 Å². The number of aromatic hydroxyl groups is 1. The molecule has 3 aromatic rings. The summed E-state index contributed by atoms with van der Waals surface area (Å²) >= 11 is 0. The lowest BCUT2D eigenvalue weighted by molar-refractivity contribution is 0.373. The Kier molecular flexibility index (Phi) is 4.00. The van der Waals surface area contributed by atoms with Crippen molar-refractivity contribution in [2.24, 2.45) is 0 Å². The van der Waals surface area contributed by atoms with Crippen LogP contribution in [-0.4, -0.2) is 22.2 Å². The molecule has 0 saturated heterocycles. The summed E-state index contributed by atoms with van der Waals surface area (Å²) < 4.78 is 5.09. The maximum absolute atomic E-state index is 11.9. The molecule has 0 amide bonds. The minimum absolute atomic E-state index is 0.0149. The van der Waals surface area contributed by atoms with E-state index in [1.54, 1.807) is 42.5 Å². The molecule has 24 heavy (non-hydrogen) atoms. The molecule has 1 aromatic heterocycles. The van der Waals surface area contributed by atoms with Crippen LogP contribution in [0, 0.1) is 6.57 Å². The van der Waals surface area contributed by atoms with Crippen LogP contribution in [0.4, 0.5) is 5.69 Å². The van der Waals surface area contributed by atoms with Crippen LogP contribution < -0.4 is 10.4 Å². The van der Waals surface area contributed by atoms with E-state index >= 15 is 0 Å². The molecule has 2 aromatic carbocycles. The van der Waals surface area contributed by atoms with Gasteiger partial charge < -0.3 is 14.8 Å². The molecule has 0 bridgehead atoms. The molecule has 1 heterocycles. The molecule has 2 N–H and O–H groups in total. The van der Waals surface area contributed by atoms with Crippen molar-refractivity contribution in [2.45, 2.75) is 0 Å². The van der Waals surface area contributed by atoms with Gasteiger partial charge in [-0.25, -0.2) is 9.64 Å². The fourth-order valence-electron chi connectivity index (χ4n) is 2.31. The molecular weight excluding hydrogens is 306 g/mol. The fraction of sp³-hybridized carbons (Fsp3) is 0.0556. The number of hydrogen-bond donors (Lipinski definition) is 2. The first-order chi connectivity index (χ1) is 11.6. The Morgan fingerprint density at radius 3 is 2.50 bits per heavy atom. The van der Waals surface area contributed by atoms with Crippen LogP contribution in [0.15, 0.2) is 53.3 Å². The highest BCUT2D eigenvalue weighted by Crippen LogP contribution is 2.31. The van der Waals surface area contributed by atoms with E-state index in [-0.39, 0.29) is 5.75 Å². The zero-order valence-electron chi connectivity index (χ0n) is 12.8. The van der Waals surface area contributed by atoms with Gasteiger partial charge in [0, 0.05) is 5.56 Å². The summed E-state index contributed by atoms with van der Waals surface area (Å²) in [7, 11) is 1.45. The van der Waals surface area contributed by atoms with Crippen LogP contribution in [0.5, 0.6) is 11.5 Å². The molecule has 0 radical (unpaired) electrons. The molecule has 0 aliphatic rings. The average Bonchev–Trinajstić information content (AvgIpc) is 2.61. The van der Waals surface area contributed by atoms with Gasteiger partial charge in [0.1, 0.15) is 0 Å². The first-order valence-corrected chi connectivity index (χ1v) is 7.07. The molecule has 6 heteroatoms. The number of aromatic amines is 1. The highest BCUT2D eigenvalue weighted by atomic mass is 16.5. The second-order valence-electron chi connectivity index (χ2n) is 5.03. The molecule has 0 atom stereocenters. The molecule has 0 aliphatic heterocycles. The third-order valence-electron chi connectivity index (χ3n) is 3.53. The monoisotopic (exact) mass is 319 g/mol. The van der Waals surface area contributed by atoms with Gasteiger partial charge in [0.2, 0.25) is 0 Å². The van der Waals surface area contributed by atoms with Crippen LogP contribution >= 0.6 is 0 Å². The Balaban J connectivity index is 2.09. The highest BCUT2D eigenvalue weighted by Gasteiger charge is 2.09. The number of ether oxygens (including phenoxy) is 1. The van der Waals surface area contributed by atoms with Crippen molar-refractivity contribution in [3.05, 3.63) is 70.4 Å². The predicted molar refractivity (Wildman–Crippen MR) is 90.2 cm³/mol. The van der Waals surface area contributed by atoms with E-state index in [2.05, 4.69) is 14.8 Å². The van der Waals surface area contributed by atoms with Gasteiger partial charge in [0.05, 0.1) is 25.1 Å². The number of phenolic OH excluding ortho intramolecular Hbond substituents is 1. The molecule has 3 rings (SSSR count). The first-order valence-electron chi connectivity index (χ1n) is 7.07. The number of phenols is 1. The Bertz CT molecular complexity index is 986. The number of aromatic nitrogens is 2. The number of nitrogens with one attached hydrogen (secondary N) is 1. The number of nitrogens with zero attached hydrogens (tertiary/aromatic N) is 2. The molecule has 0 aliphatic carbocycles. The smallest absolute Gasteiger partial charge is 0.345 e. The van der Waals surface area contributed by atoms with Crippen molar-refractivity contribution < 1.29 is 9.84 Å². The van der Waals surface area contributed by atoms with Gasteiger partial charge in [0.25, 0.3) is 0 Å². The second kappa shape index (κ2) is 6.26. The van der Waals surface area contributed by atoms with E-state index in [0.717, 1.165) is 5.56 Å². The maximum Gasteiger partial charge on any atom is 0.345 e. The lowest BCUT2D eigenvalue weighted by Crippen LogP contribution is -2.11. The minimum atomic E-state index is -0.483. The van der Waals surface area contributed by atoms with Crippen LogP contribution in [0.3, 0.4) is 0 Å². The number of rotatable bonds is 3. The van der Waals surface area contributed by atoms with E-state index < -0.39 is 5.69 Å². The van der Waals surface area contributed by atoms with Gasteiger partial charge in [-0.3, -0.25) is 0 Å². The van der Waals surface area contributed by atoms with E-state index in [4.69, 9.17) is 11.3 Å². The van der Waals surface area contributed by atoms with Crippen LogP contribution in [0.25, 0.3) is 27.4 Å². The summed E-state index contributed by atoms with van der Waals surface area (Å²) in [6, 6.07) is 13.4. The average molecular weight is 319 g/mol. The molecular formula is C18H13N3O3. The number of hydrogen-bond acceptors (Lipinski definition) is 4. The summed E-state index contributed by atoms with van der Waals surface area (Å²) in [6.07, 6.45) is 0. The Hall–Kier alpha value is -3.59. The quantitative estimate of drug-likeness (QED) is 0.725. The highest BCUT2D eigenvalue weighted by molar-refractivity contribution is 5.70. The summed E-state index contributed by atoms with van der Waals surface area (Å²) in [6.45, 7) is 6.98. The Labute approximate surface area is 137 Å². The van der Waals surface area contributed by atoms with Crippen molar-refractivity contribution in [2.75, 3.05) is 7.11 Å². The standard InChI is InChI=1S/C18H13N3O3/c1-19-13-6-3-11(4-7-13)14-10-15(21-18(23)20-14)12-5-8-16(22)17(9-12)24-2/h3-10,22H,2H3,(H,20,21,23). The van der Waals surface area contributed by atoms with Gasteiger partial charge in [-0.2, -0.15) is 4.98 Å². The zero-order chi connectivity index (χ0) is 17.1. The Morgan fingerprint density at radius 1 is 1.12 bits per heavy atom. The lowest BCUT2D eigenvalue weighted by atomic mass is 10.1. The Morgan fingerprint density at radius 2 is 1.83 bits per heavy atom. The van der Waals surface area contributed by atoms with Crippen LogP contribution in [0.2, 0.25) is 0 Å². The van der Waals surface area contributed by atoms with E-state index in [9.17, 15) is 9.90 Å². The van der Waals surface area contributed by atoms with Gasteiger partial charge in [0.15, 0.2) is 17.2 Å². The van der Waals surface area contributed by atoms with Gasteiger partial charge in [-0.05, 0) is 29.8 Å². The zero-order valence-corrected chi connectivity index (χ0v) is 12.8. The third-order valence-corrected chi connectivity index (χ3v) is 3.53. The normalized spacial score (nSPS) is 10.2. The van der Waals surface area contributed by atoms with Crippen molar-refractivity contribution in [3.8, 4) is 34.0 Å². The number of H-pyrrole nitrogens is 1. The molecule has 0 saturated carbocycles. The first kappa shape index (κ1) is 15.3. The summed E-state index contributed by atoms with van der Waals surface area (Å²) in [4.78, 5) is 21.9. The largest absolute Gasteiger partial charge is 0.504 e. The number of methoxy groups -OCH3 is 1. The molecule has 6 nitrogen and oxygen atoms in total. The predicted octanol–water partition coefficient (Wildman–Crippen LogP) is 3.37. The lowest BCUT2D eigenvalue weighted by Gasteiger charge is -2.08. The number of benzene rings is 2. The van der Waals surface area contributed by atoms with Gasteiger partial charge >= 0.3 is 5.69 Å². The van der Waals surface area contributed by atoms with Crippen molar-refractivity contribution in [1.82, 2.24) is 9.97 Å². The minimum Gasteiger partial charge on any atom is -0.504 e. The summed E-state index contributed by atoms with van der Waals surface area (Å²) in [5.41, 5.74) is 2.51. The van der Waals surface area contributed by atoms with Gasteiger partial charge in [-0.15, -0.1) is 0 Å². The third kappa shape index (κ3) is 2.96. The van der Waals surface area contributed by atoms with E-state index in [0.29, 0.717) is 28.4 Å². The van der Waals surface area contributed by atoms with Crippen molar-refractivity contribution in [1.29, 1.82) is 0 Å². The summed E-state index contributed by atoms with van der Waals surface area (Å²) in [5.74, 6) is 0.318. The van der Waals surface area contributed by atoms with Crippen molar-refractivity contribution in [3.63, 3.8) is 0 Å².